The summed E-state index contributed by atoms with van der Waals surface area (Å²) in [7, 11) is -2.25. The number of ether oxygens (including phenoxy) is 1. The van der Waals surface area contributed by atoms with Gasteiger partial charge in [0, 0.05) is 37.1 Å². The van der Waals surface area contributed by atoms with Crippen molar-refractivity contribution in [2.24, 2.45) is 0 Å². The van der Waals surface area contributed by atoms with Crippen LogP contribution in [0.4, 0.5) is 4.39 Å². The molecule has 4 rings (SSSR count). The summed E-state index contributed by atoms with van der Waals surface area (Å²) in [6, 6.07) is 10.2. The van der Waals surface area contributed by atoms with E-state index in [4.69, 9.17) is 9.15 Å². The van der Waals surface area contributed by atoms with Crippen molar-refractivity contribution in [2.75, 3.05) is 33.3 Å². The highest BCUT2D eigenvalue weighted by Crippen LogP contribution is 2.30. The number of methoxy groups -OCH3 is 1. The number of rotatable bonds is 4. The van der Waals surface area contributed by atoms with Crippen molar-refractivity contribution >= 4 is 26.9 Å². The Hall–Kier alpha value is -2.91. The largest absolute Gasteiger partial charge is 0.497 e. The molecule has 2 aromatic carbocycles. The smallest absolute Gasteiger partial charge is 0.289 e. The van der Waals surface area contributed by atoms with Crippen LogP contribution < -0.4 is 4.74 Å². The molecule has 0 N–H and O–H groups in total. The summed E-state index contributed by atoms with van der Waals surface area (Å²) in [5.74, 6) is 0.00797. The maximum atomic E-state index is 13.4. The van der Waals surface area contributed by atoms with E-state index in [1.807, 2.05) is 13.0 Å². The maximum absolute atomic E-state index is 13.4. The predicted molar refractivity (Wildman–Crippen MR) is 109 cm³/mol. The van der Waals surface area contributed by atoms with Crippen molar-refractivity contribution in [1.29, 1.82) is 0 Å². The van der Waals surface area contributed by atoms with Gasteiger partial charge >= 0.3 is 0 Å². The molecule has 0 aliphatic carbocycles. The highest BCUT2D eigenvalue weighted by atomic mass is 32.2. The van der Waals surface area contributed by atoms with E-state index in [0.29, 0.717) is 16.9 Å². The van der Waals surface area contributed by atoms with Gasteiger partial charge in [0.05, 0.1) is 12.0 Å². The van der Waals surface area contributed by atoms with E-state index >= 15 is 0 Å². The third-order valence-electron chi connectivity index (χ3n) is 5.30. The number of amides is 1. The summed E-state index contributed by atoms with van der Waals surface area (Å²) in [6.07, 6.45) is 0. The van der Waals surface area contributed by atoms with Gasteiger partial charge in [-0.1, -0.05) is 6.07 Å². The fourth-order valence-electron chi connectivity index (χ4n) is 3.58. The number of fused-ring (bicyclic) bond motifs is 1. The zero-order valence-corrected chi connectivity index (χ0v) is 17.4. The van der Waals surface area contributed by atoms with Crippen LogP contribution in [0, 0.1) is 12.7 Å². The molecule has 2 heterocycles. The molecule has 1 aliphatic heterocycles. The number of aryl methyl sites for hydroxylation is 1. The fourth-order valence-corrected chi connectivity index (χ4v) is 5.04. The minimum absolute atomic E-state index is 0.0932. The molecule has 0 unspecified atom stereocenters. The highest BCUT2D eigenvalue weighted by molar-refractivity contribution is 7.89. The Balaban J connectivity index is 1.51. The van der Waals surface area contributed by atoms with Gasteiger partial charge in [-0.25, -0.2) is 12.8 Å². The molecule has 1 saturated heterocycles. The van der Waals surface area contributed by atoms with E-state index in [-0.39, 0.29) is 42.7 Å². The van der Waals surface area contributed by atoms with Gasteiger partial charge in [0.15, 0.2) is 5.76 Å². The molecule has 0 saturated carbocycles. The molecule has 3 aromatic rings. The monoisotopic (exact) mass is 432 g/mol. The Morgan fingerprint density at radius 3 is 2.50 bits per heavy atom. The second-order valence-electron chi connectivity index (χ2n) is 7.07. The lowest BCUT2D eigenvalue weighted by molar-refractivity contribution is 0.0667. The van der Waals surface area contributed by atoms with Crippen LogP contribution in [-0.2, 0) is 10.0 Å². The summed E-state index contributed by atoms with van der Waals surface area (Å²) in [5, 5.41) is 0.796. The lowest BCUT2D eigenvalue weighted by Gasteiger charge is -2.33. The number of furan rings is 1. The SMILES string of the molecule is COc1ccc2oc(C(=O)N3CCN(S(=O)(=O)c4cccc(F)c4)CC3)c(C)c2c1. The van der Waals surface area contributed by atoms with Crippen molar-refractivity contribution < 1.29 is 26.8 Å². The number of piperazine rings is 1. The zero-order valence-electron chi connectivity index (χ0n) is 16.6. The second kappa shape index (κ2) is 7.73. The quantitative estimate of drug-likeness (QED) is 0.633. The molecule has 0 bridgehead atoms. The molecule has 0 radical (unpaired) electrons. The van der Waals surface area contributed by atoms with Crippen LogP contribution in [0.5, 0.6) is 5.75 Å². The van der Waals surface area contributed by atoms with Gasteiger partial charge in [-0.3, -0.25) is 4.79 Å². The fraction of sp³-hybridized carbons (Fsp3) is 0.286. The lowest BCUT2D eigenvalue weighted by Crippen LogP contribution is -2.50. The summed E-state index contributed by atoms with van der Waals surface area (Å²) in [5.41, 5.74) is 1.30. The standard InChI is InChI=1S/C21H21FN2O5S/c1-14-18-13-16(28-2)6-7-19(18)29-20(14)21(25)23-8-10-24(11-9-23)30(26,27)17-5-3-4-15(22)12-17/h3-7,12-13H,8-11H2,1-2H3. The number of hydrogen-bond donors (Lipinski definition) is 0. The van der Waals surface area contributed by atoms with Crippen LogP contribution in [0.2, 0.25) is 0 Å². The van der Waals surface area contributed by atoms with Crippen molar-refractivity contribution in [3.8, 4) is 5.75 Å². The number of sulfonamides is 1. The van der Waals surface area contributed by atoms with E-state index in [0.717, 1.165) is 11.5 Å². The van der Waals surface area contributed by atoms with Crippen LogP contribution in [0.3, 0.4) is 0 Å². The number of halogens is 1. The Labute approximate surface area is 173 Å². The summed E-state index contributed by atoms with van der Waals surface area (Å²) in [6.45, 7) is 2.49. The van der Waals surface area contributed by atoms with E-state index < -0.39 is 15.8 Å². The first-order chi connectivity index (χ1) is 14.3. The van der Waals surface area contributed by atoms with E-state index in [2.05, 4.69) is 0 Å². The van der Waals surface area contributed by atoms with Gasteiger partial charge in [0.1, 0.15) is 17.1 Å². The van der Waals surface area contributed by atoms with Crippen LogP contribution in [0.25, 0.3) is 11.0 Å². The first kappa shape index (κ1) is 20.4. The molecule has 1 fully saturated rings. The van der Waals surface area contributed by atoms with Gasteiger partial charge in [-0.2, -0.15) is 4.31 Å². The van der Waals surface area contributed by atoms with Crippen molar-refractivity contribution in [2.45, 2.75) is 11.8 Å². The molecular formula is C21H21FN2O5S. The molecule has 9 heteroatoms. The molecule has 0 atom stereocenters. The Morgan fingerprint density at radius 1 is 1.10 bits per heavy atom. The number of carbonyl (C=O) groups excluding carboxylic acids is 1. The van der Waals surface area contributed by atoms with Crippen LogP contribution in [0.1, 0.15) is 16.1 Å². The molecule has 1 aromatic heterocycles. The average molecular weight is 432 g/mol. The number of benzene rings is 2. The Kier molecular flexibility index (Phi) is 5.25. The second-order valence-corrected chi connectivity index (χ2v) is 9.01. The molecule has 1 aliphatic rings. The van der Waals surface area contributed by atoms with E-state index in [1.54, 1.807) is 24.1 Å². The topological polar surface area (TPSA) is 80.1 Å². The lowest BCUT2D eigenvalue weighted by atomic mass is 10.1. The summed E-state index contributed by atoms with van der Waals surface area (Å²) >= 11 is 0. The minimum Gasteiger partial charge on any atom is -0.497 e. The number of hydrogen-bond acceptors (Lipinski definition) is 5. The summed E-state index contributed by atoms with van der Waals surface area (Å²) < 4.78 is 51.2. The maximum Gasteiger partial charge on any atom is 0.289 e. The van der Waals surface area contributed by atoms with Gasteiger partial charge in [0.25, 0.3) is 5.91 Å². The molecule has 1 amide bonds. The number of nitrogens with zero attached hydrogens (tertiary/aromatic N) is 2. The molecular weight excluding hydrogens is 411 g/mol. The minimum atomic E-state index is -3.82. The van der Waals surface area contributed by atoms with Crippen LogP contribution in [0.15, 0.2) is 51.8 Å². The van der Waals surface area contributed by atoms with Gasteiger partial charge in [0.2, 0.25) is 10.0 Å². The molecule has 158 valence electrons. The van der Waals surface area contributed by atoms with E-state index in [1.165, 1.54) is 22.5 Å². The first-order valence-corrected chi connectivity index (χ1v) is 10.9. The van der Waals surface area contributed by atoms with Crippen molar-refractivity contribution in [1.82, 2.24) is 9.21 Å². The normalized spacial score (nSPS) is 15.5. The van der Waals surface area contributed by atoms with Gasteiger partial charge in [-0.15, -0.1) is 0 Å². The predicted octanol–water partition coefficient (Wildman–Crippen LogP) is 3.04. The van der Waals surface area contributed by atoms with Crippen molar-refractivity contribution in [3.05, 3.63) is 59.6 Å². The summed E-state index contributed by atoms with van der Waals surface area (Å²) in [4.78, 5) is 14.5. The van der Waals surface area contributed by atoms with Gasteiger partial charge in [-0.05, 0) is 43.3 Å². The Morgan fingerprint density at radius 2 is 1.83 bits per heavy atom. The zero-order chi connectivity index (χ0) is 21.5. The van der Waals surface area contributed by atoms with Gasteiger partial charge < -0.3 is 14.1 Å². The van der Waals surface area contributed by atoms with E-state index in [9.17, 15) is 17.6 Å². The third kappa shape index (κ3) is 3.54. The molecule has 7 nitrogen and oxygen atoms in total. The van der Waals surface area contributed by atoms with Crippen molar-refractivity contribution in [3.63, 3.8) is 0 Å². The number of carbonyl (C=O) groups is 1. The average Bonchev–Trinajstić information content (AvgIpc) is 3.09. The van der Waals surface area contributed by atoms with Crippen LogP contribution in [-0.4, -0.2) is 56.8 Å². The molecule has 30 heavy (non-hydrogen) atoms. The first-order valence-electron chi connectivity index (χ1n) is 9.43. The molecule has 0 spiro atoms. The van der Waals surface area contributed by atoms with Crippen LogP contribution >= 0.6 is 0 Å². The third-order valence-corrected chi connectivity index (χ3v) is 7.19. The Bertz CT molecular complexity index is 1210. The highest BCUT2D eigenvalue weighted by Gasteiger charge is 2.32.